The standard InChI is InChI=1S/C20H30O2/c1-11-8-13-9-14(21)4-5-15(13)18-12(2)10-20(3)16(19(11)18)6-7-17(20)22/h9,11-12,15-19,22H,4-8,10H2,1-3H3/t11-,12-,15?,16?,17-,18?,19?,20-/m0/s1. The number of allylic oxidation sites excluding steroid dienone is 1. The minimum Gasteiger partial charge on any atom is -0.393 e. The largest absolute Gasteiger partial charge is 0.393 e. The van der Waals surface area contributed by atoms with Crippen LogP contribution in [0.2, 0.25) is 0 Å². The van der Waals surface area contributed by atoms with Crippen LogP contribution in [0.15, 0.2) is 11.6 Å². The summed E-state index contributed by atoms with van der Waals surface area (Å²) in [5.41, 5.74) is 1.60. The van der Waals surface area contributed by atoms with Crippen molar-refractivity contribution in [2.45, 2.75) is 65.4 Å². The number of rotatable bonds is 0. The molecule has 0 aromatic carbocycles. The molecular weight excluding hydrogens is 272 g/mol. The van der Waals surface area contributed by atoms with E-state index in [-0.39, 0.29) is 11.5 Å². The molecule has 4 rings (SSSR count). The van der Waals surface area contributed by atoms with Gasteiger partial charge in [0.25, 0.3) is 0 Å². The molecule has 0 bridgehead atoms. The summed E-state index contributed by atoms with van der Waals surface area (Å²) in [6, 6.07) is 0. The third kappa shape index (κ3) is 1.92. The molecule has 4 aliphatic rings. The van der Waals surface area contributed by atoms with Gasteiger partial charge in [-0.25, -0.2) is 0 Å². The van der Waals surface area contributed by atoms with E-state index in [9.17, 15) is 9.90 Å². The molecule has 2 nitrogen and oxygen atoms in total. The Morgan fingerprint density at radius 2 is 1.91 bits per heavy atom. The lowest BCUT2D eigenvalue weighted by molar-refractivity contribution is -0.118. The summed E-state index contributed by atoms with van der Waals surface area (Å²) in [7, 11) is 0. The van der Waals surface area contributed by atoms with Gasteiger partial charge in [-0.3, -0.25) is 4.79 Å². The fourth-order valence-corrected chi connectivity index (χ4v) is 7.11. The second-order valence-electron chi connectivity index (χ2n) is 9.05. The SMILES string of the molecule is C[C@H]1C[C@@]2(C)C(CC[C@@H]2O)C2C1C1CCC(=O)C=C1C[C@@H]2C. The smallest absolute Gasteiger partial charge is 0.155 e. The first-order chi connectivity index (χ1) is 10.4. The summed E-state index contributed by atoms with van der Waals surface area (Å²) in [5.74, 6) is 4.52. The molecule has 4 unspecified atom stereocenters. The van der Waals surface area contributed by atoms with Crippen molar-refractivity contribution in [1.29, 1.82) is 0 Å². The van der Waals surface area contributed by atoms with Crippen LogP contribution in [-0.2, 0) is 4.79 Å². The van der Waals surface area contributed by atoms with Crippen molar-refractivity contribution in [2.75, 3.05) is 0 Å². The van der Waals surface area contributed by atoms with Gasteiger partial charge in [0.15, 0.2) is 5.78 Å². The molecule has 8 atom stereocenters. The molecule has 0 aliphatic heterocycles. The number of ketones is 1. The van der Waals surface area contributed by atoms with Gasteiger partial charge in [0.2, 0.25) is 0 Å². The predicted octanol–water partition coefficient (Wildman–Crippen LogP) is 3.98. The number of fused-ring (bicyclic) bond motifs is 5. The zero-order valence-corrected chi connectivity index (χ0v) is 14.2. The molecule has 122 valence electrons. The second-order valence-corrected chi connectivity index (χ2v) is 9.05. The van der Waals surface area contributed by atoms with Crippen molar-refractivity contribution < 1.29 is 9.90 Å². The Morgan fingerprint density at radius 1 is 1.14 bits per heavy atom. The zero-order valence-electron chi connectivity index (χ0n) is 14.2. The van der Waals surface area contributed by atoms with E-state index in [2.05, 4.69) is 20.8 Å². The van der Waals surface area contributed by atoms with Gasteiger partial charge in [0.05, 0.1) is 6.10 Å². The monoisotopic (exact) mass is 302 g/mol. The van der Waals surface area contributed by atoms with E-state index in [4.69, 9.17) is 0 Å². The molecule has 0 aromatic heterocycles. The maximum Gasteiger partial charge on any atom is 0.155 e. The van der Waals surface area contributed by atoms with E-state index < -0.39 is 0 Å². The minimum atomic E-state index is -0.0991. The number of aliphatic hydroxyl groups excluding tert-OH is 1. The lowest BCUT2D eigenvalue weighted by Crippen LogP contribution is -2.53. The second kappa shape index (κ2) is 4.93. The highest BCUT2D eigenvalue weighted by molar-refractivity contribution is 5.91. The highest BCUT2D eigenvalue weighted by atomic mass is 16.3. The van der Waals surface area contributed by atoms with Crippen LogP contribution in [-0.4, -0.2) is 17.0 Å². The Hall–Kier alpha value is -0.630. The van der Waals surface area contributed by atoms with E-state index in [0.29, 0.717) is 29.5 Å². The molecule has 3 saturated carbocycles. The molecule has 1 N–H and O–H groups in total. The molecule has 0 amide bonds. The van der Waals surface area contributed by atoms with Crippen LogP contribution in [0.25, 0.3) is 0 Å². The molecule has 0 heterocycles. The molecule has 0 spiro atoms. The Labute approximate surface area is 134 Å². The predicted molar refractivity (Wildman–Crippen MR) is 87.2 cm³/mol. The molecule has 0 radical (unpaired) electrons. The van der Waals surface area contributed by atoms with Crippen molar-refractivity contribution in [3.63, 3.8) is 0 Å². The van der Waals surface area contributed by atoms with E-state index in [0.717, 1.165) is 37.5 Å². The first kappa shape index (κ1) is 14.9. The maximum atomic E-state index is 11.8. The molecule has 3 fully saturated rings. The van der Waals surface area contributed by atoms with Crippen LogP contribution in [0, 0.1) is 40.9 Å². The van der Waals surface area contributed by atoms with Crippen LogP contribution in [0.3, 0.4) is 0 Å². The molecule has 2 heteroatoms. The summed E-state index contributed by atoms with van der Waals surface area (Å²) in [5, 5.41) is 10.6. The van der Waals surface area contributed by atoms with Gasteiger partial charge in [-0.05, 0) is 79.1 Å². The van der Waals surface area contributed by atoms with Crippen molar-refractivity contribution in [3.05, 3.63) is 11.6 Å². The van der Waals surface area contributed by atoms with Gasteiger partial charge in [0.1, 0.15) is 0 Å². The molecule has 0 aromatic rings. The first-order valence-electron chi connectivity index (χ1n) is 9.33. The van der Waals surface area contributed by atoms with Crippen molar-refractivity contribution >= 4 is 5.78 Å². The summed E-state index contributed by atoms with van der Waals surface area (Å²) in [4.78, 5) is 11.8. The van der Waals surface area contributed by atoms with Crippen molar-refractivity contribution in [3.8, 4) is 0 Å². The summed E-state index contributed by atoms with van der Waals surface area (Å²) in [6.07, 6.45) is 8.22. The van der Waals surface area contributed by atoms with Crippen LogP contribution < -0.4 is 0 Å². The van der Waals surface area contributed by atoms with Crippen LogP contribution in [0.5, 0.6) is 0 Å². The van der Waals surface area contributed by atoms with Crippen LogP contribution >= 0.6 is 0 Å². The average Bonchev–Trinajstić information content (AvgIpc) is 2.74. The van der Waals surface area contributed by atoms with Gasteiger partial charge in [-0.2, -0.15) is 0 Å². The number of aliphatic hydroxyl groups is 1. The van der Waals surface area contributed by atoms with Crippen LogP contribution in [0.1, 0.15) is 59.3 Å². The van der Waals surface area contributed by atoms with Crippen molar-refractivity contribution in [1.82, 2.24) is 0 Å². The van der Waals surface area contributed by atoms with Gasteiger partial charge >= 0.3 is 0 Å². The van der Waals surface area contributed by atoms with Gasteiger partial charge in [-0.1, -0.05) is 26.3 Å². The zero-order chi connectivity index (χ0) is 15.6. The lowest BCUT2D eigenvalue weighted by Gasteiger charge is -2.58. The fourth-order valence-electron chi connectivity index (χ4n) is 7.11. The van der Waals surface area contributed by atoms with Crippen molar-refractivity contribution in [2.24, 2.45) is 40.9 Å². The summed E-state index contributed by atoms with van der Waals surface area (Å²) >= 11 is 0. The van der Waals surface area contributed by atoms with Gasteiger partial charge < -0.3 is 5.11 Å². The quantitative estimate of drug-likeness (QED) is 0.735. The maximum absolute atomic E-state index is 11.8. The third-order valence-corrected chi connectivity index (χ3v) is 7.89. The Kier molecular flexibility index (Phi) is 3.35. The minimum absolute atomic E-state index is 0.0991. The molecule has 0 saturated heterocycles. The molecule has 22 heavy (non-hydrogen) atoms. The summed E-state index contributed by atoms with van der Waals surface area (Å²) < 4.78 is 0. The van der Waals surface area contributed by atoms with E-state index in [1.165, 1.54) is 18.4 Å². The number of hydrogen-bond acceptors (Lipinski definition) is 2. The lowest BCUT2D eigenvalue weighted by atomic mass is 9.47. The van der Waals surface area contributed by atoms with E-state index in [1.807, 2.05) is 6.08 Å². The number of carbonyl (C=O) groups excluding carboxylic acids is 1. The highest BCUT2D eigenvalue weighted by Crippen LogP contribution is 2.64. The highest BCUT2D eigenvalue weighted by Gasteiger charge is 2.59. The van der Waals surface area contributed by atoms with E-state index in [1.54, 1.807) is 0 Å². The first-order valence-corrected chi connectivity index (χ1v) is 9.33. The average molecular weight is 302 g/mol. The Bertz CT molecular complexity index is 522. The van der Waals surface area contributed by atoms with E-state index >= 15 is 0 Å². The Balaban J connectivity index is 1.73. The summed E-state index contributed by atoms with van der Waals surface area (Å²) in [6.45, 7) is 7.16. The fraction of sp³-hybridized carbons (Fsp3) is 0.850. The third-order valence-electron chi connectivity index (χ3n) is 7.89. The topological polar surface area (TPSA) is 37.3 Å². The Morgan fingerprint density at radius 3 is 2.68 bits per heavy atom. The number of hydrogen-bond donors (Lipinski definition) is 1. The molecule has 4 aliphatic carbocycles. The normalized spacial score (nSPS) is 54.3. The van der Waals surface area contributed by atoms with Crippen LogP contribution in [0.4, 0.5) is 0 Å². The van der Waals surface area contributed by atoms with Gasteiger partial charge in [0, 0.05) is 6.42 Å². The molecular formula is C20H30O2. The number of carbonyl (C=O) groups is 1. The van der Waals surface area contributed by atoms with Gasteiger partial charge in [-0.15, -0.1) is 0 Å².